The van der Waals surface area contributed by atoms with Gasteiger partial charge in [-0.2, -0.15) is 0 Å². The SMILES string of the molecule is CCN(CCCOc1cccc(-c2cc(=O)c3c(O)c(OC)c(OC)cc3o2)c1)Cc1ccccc1OC. The van der Waals surface area contributed by atoms with Crippen molar-refractivity contribution in [1.29, 1.82) is 0 Å². The summed E-state index contributed by atoms with van der Waals surface area (Å²) in [5, 5.41) is 10.6. The Labute approximate surface area is 221 Å². The van der Waals surface area contributed by atoms with Gasteiger partial charge in [-0.1, -0.05) is 37.3 Å². The average molecular weight is 520 g/mol. The van der Waals surface area contributed by atoms with E-state index in [2.05, 4.69) is 17.9 Å². The number of hydrogen-bond donors (Lipinski definition) is 1. The molecule has 0 unspecified atom stereocenters. The lowest BCUT2D eigenvalue weighted by molar-refractivity contribution is 0.234. The second-order valence-corrected chi connectivity index (χ2v) is 8.72. The summed E-state index contributed by atoms with van der Waals surface area (Å²) >= 11 is 0. The molecule has 8 heteroatoms. The van der Waals surface area contributed by atoms with Crippen molar-refractivity contribution in [3.05, 3.63) is 76.5 Å². The van der Waals surface area contributed by atoms with E-state index >= 15 is 0 Å². The number of ether oxygens (including phenoxy) is 4. The fourth-order valence-corrected chi connectivity index (χ4v) is 4.39. The van der Waals surface area contributed by atoms with E-state index in [0.29, 0.717) is 23.7 Å². The number of rotatable bonds is 12. The summed E-state index contributed by atoms with van der Waals surface area (Å²) in [7, 11) is 4.53. The van der Waals surface area contributed by atoms with Gasteiger partial charge in [0.2, 0.25) is 5.75 Å². The van der Waals surface area contributed by atoms with Crippen LogP contribution in [0.4, 0.5) is 0 Å². The average Bonchev–Trinajstić information content (AvgIpc) is 2.94. The molecule has 1 N–H and O–H groups in total. The van der Waals surface area contributed by atoms with E-state index in [1.165, 1.54) is 26.4 Å². The number of fused-ring (bicyclic) bond motifs is 1. The number of phenolic OH excluding ortho intramolecular Hbond substituents is 1. The lowest BCUT2D eigenvalue weighted by atomic mass is 10.1. The van der Waals surface area contributed by atoms with Crippen molar-refractivity contribution in [2.24, 2.45) is 0 Å². The van der Waals surface area contributed by atoms with E-state index in [9.17, 15) is 9.90 Å². The molecule has 0 amide bonds. The van der Waals surface area contributed by atoms with Crippen molar-refractivity contribution in [3.63, 3.8) is 0 Å². The summed E-state index contributed by atoms with van der Waals surface area (Å²) in [6.45, 7) is 5.29. The minimum atomic E-state index is -0.388. The summed E-state index contributed by atoms with van der Waals surface area (Å²) in [6.07, 6.45) is 0.846. The van der Waals surface area contributed by atoms with Gasteiger partial charge in [-0.3, -0.25) is 9.69 Å². The van der Waals surface area contributed by atoms with Gasteiger partial charge in [0.25, 0.3) is 0 Å². The molecule has 0 radical (unpaired) electrons. The Bertz CT molecular complexity index is 1450. The second-order valence-electron chi connectivity index (χ2n) is 8.72. The molecule has 0 aliphatic heterocycles. The number of aromatic hydroxyl groups is 1. The number of methoxy groups -OCH3 is 3. The third-order valence-corrected chi connectivity index (χ3v) is 6.38. The van der Waals surface area contributed by atoms with Gasteiger partial charge >= 0.3 is 0 Å². The van der Waals surface area contributed by atoms with Gasteiger partial charge in [0, 0.05) is 36.3 Å². The Morgan fingerprint density at radius 2 is 1.71 bits per heavy atom. The lowest BCUT2D eigenvalue weighted by Crippen LogP contribution is -2.25. The third kappa shape index (κ3) is 5.86. The van der Waals surface area contributed by atoms with Crippen LogP contribution in [-0.2, 0) is 6.54 Å². The van der Waals surface area contributed by atoms with Crippen LogP contribution in [0.25, 0.3) is 22.3 Å². The molecule has 0 spiro atoms. The summed E-state index contributed by atoms with van der Waals surface area (Å²) in [5.41, 5.74) is 1.65. The van der Waals surface area contributed by atoms with Gasteiger partial charge in [-0.25, -0.2) is 0 Å². The summed E-state index contributed by atoms with van der Waals surface area (Å²) in [4.78, 5) is 15.2. The van der Waals surface area contributed by atoms with Crippen LogP contribution >= 0.6 is 0 Å². The van der Waals surface area contributed by atoms with Crippen LogP contribution in [-0.4, -0.2) is 51.0 Å². The molecular weight excluding hydrogens is 486 g/mol. The third-order valence-electron chi connectivity index (χ3n) is 6.38. The van der Waals surface area contributed by atoms with Gasteiger partial charge in [-0.15, -0.1) is 0 Å². The van der Waals surface area contributed by atoms with E-state index in [-0.39, 0.29) is 33.6 Å². The molecule has 0 saturated heterocycles. The van der Waals surface area contributed by atoms with E-state index in [0.717, 1.165) is 37.4 Å². The molecule has 0 aliphatic rings. The van der Waals surface area contributed by atoms with Crippen LogP contribution in [0.3, 0.4) is 0 Å². The molecule has 200 valence electrons. The minimum Gasteiger partial charge on any atom is -0.504 e. The zero-order valence-electron chi connectivity index (χ0n) is 22.2. The zero-order chi connectivity index (χ0) is 27.1. The fourth-order valence-electron chi connectivity index (χ4n) is 4.39. The van der Waals surface area contributed by atoms with Crippen LogP contribution in [0.5, 0.6) is 28.7 Å². The first-order valence-corrected chi connectivity index (χ1v) is 12.5. The molecular formula is C30H33NO7. The Hall–Kier alpha value is -4.17. The van der Waals surface area contributed by atoms with Crippen LogP contribution in [0, 0.1) is 0 Å². The van der Waals surface area contributed by atoms with Crippen LogP contribution in [0.2, 0.25) is 0 Å². The Kier molecular flexibility index (Phi) is 8.76. The molecule has 4 aromatic rings. The summed E-state index contributed by atoms with van der Waals surface area (Å²) in [5.74, 6) is 1.96. The van der Waals surface area contributed by atoms with Crippen molar-refractivity contribution in [3.8, 4) is 40.1 Å². The summed E-state index contributed by atoms with van der Waals surface area (Å²) < 4.78 is 27.9. The van der Waals surface area contributed by atoms with Crippen LogP contribution in [0.1, 0.15) is 18.9 Å². The van der Waals surface area contributed by atoms with Crippen molar-refractivity contribution < 1.29 is 28.5 Å². The van der Waals surface area contributed by atoms with Gasteiger partial charge in [0.05, 0.1) is 27.9 Å². The first-order chi connectivity index (χ1) is 18.5. The fraction of sp³-hybridized carbons (Fsp3) is 0.300. The number of benzene rings is 3. The quantitative estimate of drug-likeness (QED) is 0.246. The molecule has 0 atom stereocenters. The molecule has 0 bridgehead atoms. The molecule has 0 aliphatic carbocycles. The highest BCUT2D eigenvalue weighted by Crippen LogP contribution is 2.42. The first-order valence-electron chi connectivity index (χ1n) is 12.5. The highest BCUT2D eigenvalue weighted by Gasteiger charge is 2.19. The standard InChI is InChI=1S/C30H33NO7/c1-5-31(19-21-10-6-7-13-24(21)34-2)14-9-15-37-22-12-8-11-20(16-22)25-17-23(32)28-26(38-25)18-27(35-3)30(36-4)29(28)33/h6-8,10-13,16-18,33H,5,9,14-15,19H2,1-4H3. The molecule has 1 heterocycles. The maximum Gasteiger partial charge on any atom is 0.204 e. The number of phenols is 1. The molecule has 0 saturated carbocycles. The van der Waals surface area contributed by atoms with Crippen LogP contribution < -0.4 is 24.4 Å². The lowest BCUT2D eigenvalue weighted by Gasteiger charge is -2.21. The normalized spacial score (nSPS) is 11.1. The Morgan fingerprint density at radius 1 is 0.921 bits per heavy atom. The number of hydrogen-bond acceptors (Lipinski definition) is 8. The largest absolute Gasteiger partial charge is 0.504 e. The van der Waals surface area contributed by atoms with Crippen molar-refractivity contribution in [1.82, 2.24) is 4.90 Å². The van der Waals surface area contributed by atoms with Crippen molar-refractivity contribution in [2.75, 3.05) is 41.0 Å². The van der Waals surface area contributed by atoms with E-state index < -0.39 is 0 Å². The molecule has 3 aromatic carbocycles. The van der Waals surface area contributed by atoms with E-state index in [1.54, 1.807) is 7.11 Å². The molecule has 0 fully saturated rings. The van der Waals surface area contributed by atoms with Crippen LogP contribution in [0.15, 0.2) is 69.9 Å². The Morgan fingerprint density at radius 3 is 2.45 bits per heavy atom. The van der Waals surface area contributed by atoms with E-state index in [1.807, 2.05) is 42.5 Å². The zero-order valence-corrected chi connectivity index (χ0v) is 22.2. The van der Waals surface area contributed by atoms with Gasteiger partial charge in [0.1, 0.15) is 28.2 Å². The van der Waals surface area contributed by atoms with Gasteiger partial charge < -0.3 is 28.5 Å². The highest BCUT2D eigenvalue weighted by molar-refractivity contribution is 5.89. The van der Waals surface area contributed by atoms with Crippen molar-refractivity contribution >= 4 is 11.0 Å². The van der Waals surface area contributed by atoms with Gasteiger partial charge in [0.15, 0.2) is 16.9 Å². The molecule has 8 nitrogen and oxygen atoms in total. The maximum atomic E-state index is 12.9. The molecule has 1 aromatic heterocycles. The minimum absolute atomic E-state index is 0.0346. The second kappa shape index (κ2) is 12.4. The van der Waals surface area contributed by atoms with E-state index in [4.69, 9.17) is 23.4 Å². The maximum absolute atomic E-state index is 12.9. The predicted molar refractivity (Wildman–Crippen MR) is 147 cm³/mol. The monoisotopic (exact) mass is 519 g/mol. The number of nitrogens with zero attached hydrogens (tertiary/aromatic N) is 1. The topological polar surface area (TPSA) is 90.6 Å². The van der Waals surface area contributed by atoms with Gasteiger partial charge in [-0.05, 0) is 31.2 Å². The smallest absolute Gasteiger partial charge is 0.204 e. The molecule has 38 heavy (non-hydrogen) atoms. The Balaban J connectivity index is 1.44. The highest BCUT2D eigenvalue weighted by atomic mass is 16.5. The molecule has 4 rings (SSSR count). The number of para-hydroxylation sites is 1. The van der Waals surface area contributed by atoms with Crippen molar-refractivity contribution in [2.45, 2.75) is 19.9 Å². The summed E-state index contributed by atoms with van der Waals surface area (Å²) in [6, 6.07) is 18.3. The first kappa shape index (κ1) is 26.9. The predicted octanol–water partition coefficient (Wildman–Crippen LogP) is 5.48.